The van der Waals surface area contributed by atoms with Gasteiger partial charge < -0.3 is 10.5 Å². The Morgan fingerprint density at radius 2 is 2.38 bits per heavy atom. The molecule has 130 valence electrons. The Hall–Kier alpha value is -2.56. The van der Waals surface area contributed by atoms with Crippen molar-refractivity contribution in [1.82, 2.24) is 4.90 Å². The van der Waals surface area contributed by atoms with Gasteiger partial charge in [-0.15, -0.1) is 0 Å². The molecule has 4 unspecified atom stereocenters. The monoisotopic (exact) mass is 364 g/mol. The van der Waals surface area contributed by atoms with E-state index in [2.05, 4.69) is 16.4 Å². The second-order valence-electron chi connectivity index (χ2n) is 7.12. The number of hydrogen-bond donors (Lipinski definition) is 1. The van der Waals surface area contributed by atoms with Gasteiger partial charge in [-0.3, -0.25) is 9.69 Å². The zero-order valence-electron chi connectivity index (χ0n) is 14.0. The zero-order chi connectivity index (χ0) is 18.1. The van der Waals surface area contributed by atoms with Crippen LogP contribution in [0.2, 0.25) is 0 Å². The molecule has 0 radical (unpaired) electrons. The summed E-state index contributed by atoms with van der Waals surface area (Å²) in [4.78, 5) is 18.6. The number of amides is 1. The number of rotatable bonds is 3. The van der Waals surface area contributed by atoms with Crippen molar-refractivity contribution < 1.29 is 9.53 Å². The van der Waals surface area contributed by atoms with Crippen molar-refractivity contribution in [2.75, 3.05) is 0 Å². The second kappa shape index (κ2) is 5.22. The van der Waals surface area contributed by atoms with E-state index < -0.39 is 5.60 Å². The predicted octanol–water partition coefficient (Wildman–Crippen LogP) is 2.09. The molecule has 6 nitrogen and oxygen atoms in total. The number of fused-ring (bicyclic) bond motifs is 2. The summed E-state index contributed by atoms with van der Waals surface area (Å²) in [6.45, 7) is 1.96. The van der Waals surface area contributed by atoms with Crippen molar-refractivity contribution >= 4 is 22.8 Å². The van der Waals surface area contributed by atoms with Gasteiger partial charge in [0.15, 0.2) is 11.4 Å². The molecular weight excluding hydrogens is 348 g/mol. The molecule has 2 N–H and O–H groups in total. The molecular formula is C19H16N4O2S. The standard InChI is InChI=1S/C19H16N4O2S/c1-19-15(16(19)17(21)24)13-9-26-18-22-12(7-14(25-19)23(13)18)6-10-3-2-4-11(5-10)8-20/h2-5,7,9,14-16H,6H2,1H3,(H2,21,24). The number of allylic oxidation sites excluding steroid dienone is 1. The Labute approximate surface area is 155 Å². The molecule has 1 amide bonds. The van der Waals surface area contributed by atoms with E-state index in [1.165, 1.54) is 0 Å². The van der Waals surface area contributed by atoms with Crippen molar-refractivity contribution in [3.05, 3.63) is 58.3 Å². The molecule has 0 spiro atoms. The van der Waals surface area contributed by atoms with Crippen LogP contribution in [0, 0.1) is 23.2 Å². The van der Waals surface area contributed by atoms with E-state index in [4.69, 9.17) is 20.7 Å². The molecule has 1 aromatic rings. The second-order valence-corrected chi connectivity index (χ2v) is 7.96. The Morgan fingerprint density at radius 1 is 1.54 bits per heavy atom. The number of nitriles is 1. The fourth-order valence-electron chi connectivity index (χ4n) is 4.25. The van der Waals surface area contributed by atoms with Crippen LogP contribution < -0.4 is 5.73 Å². The van der Waals surface area contributed by atoms with Gasteiger partial charge in [0, 0.05) is 23.7 Å². The number of amidine groups is 1. The first-order chi connectivity index (χ1) is 12.5. The van der Waals surface area contributed by atoms with Gasteiger partial charge in [-0.25, -0.2) is 4.99 Å². The highest BCUT2D eigenvalue weighted by molar-refractivity contribution is 8.16. The molecule has 2 fully saturated rings. The number of nitrogens with zero attached hydrogens (tertiary/aromatic N) is 3. The van der Waals surface area contributed by atoms with E-state index in [0.29, 0.717) is 12.0 Å². The van der Waals surface area contributed by atoms with Crippen LogP contribution in [0.3, 0.4) is 0 Å². The summed E-state index contributed by atoms with van der Waals surface area (Å²) in [7, 11) is 0. The normalized spacial score (nSPS) is 33.3. The third kappa shape index (κ3) is 2.09. The van der Waals surface area contributed by atoms with Crippen LogP contribution in [-0.4, -0.2) is 27.8 Å². The summed E-state index contributed by atoms with van der Waals surface area (Å²) >= 11 is 1.56. The van der Waals surface area contributed by atoms with Gasteiger partial charge in [-0.2, -0.15) is 5.26 Å². The van der Waals surface area contributed by atoms with Crippen LogP contribution >= 0.6 is 11.8 Å². The average molecular weight is 364 g/mol. The number of aliphatic imine (C=N–C) groups is 1. The fraction of sp³-hybridized carbons (Fsp3) is 0.316. The maximum absolute atomic E-state index is 11.8. The van der Waals surface area contributed by atoms with E-state index >= 15 is 0 Å². The lowest BCUT2D eigenvalue weighted by Gasteiger charge is -2.38. The van der Waals surface area contributed by atoms with Crippen molar-refractivity contribution in [3.8, 4) is 6.07 Å². The molecule has 4 atom stereocenters. The molecule has 5 rings (SSSR count). The predicted molar refractivity (Wildman–Crippen MR) is 97.3 cm³/mol. The van der Waals surface area contributed by atoms with E-state index in [0.717, 1.165) is 22.1 Å². The molecule has 7 heteroatoms. The number of hydrogen-bond acceptors (Lipinski definition) is 6. The van der Waals surface area contributed by atoms with Crippen LogP contribution in [-0.2, 0) is 16.0 Å². The fourth-order valence-corrected chi connectivity index (χ4v) is 5.23. The van der Waals surface area contributed by atoms with Crippen molar-refractivity contribution in [1.29, 1.82) is 5.26 Å². The van der Waals surface area contributed by atoms with Gasteiger partial charge in [0.1, 0.15) is 0 Å². The molecule has 1 aromatic carbocycles. The zero-order valence-corrected chi connectivity index (χ0v) is 14.9. The minimum absolute atomic E-state index is 0.0127. The summed E-state index contributed by atoms with van der Waals surface area (Å²) in [6.07, 6.45) is 2.35. The first-order valence-corrected chi connectivity index (χ1v) is 9.31. The summed E-state index contributed by atoms with van der Waals surface area (Å²) in [5.41, 5.74) is 8.69. The van der Waals surface area contributed by atoms with Crippen molar-refractivity contribution in [3.63, 3.8) is 0 Å². The number of thioether (sulfide) groups is 1. The summed E-state index contributed by atoms with van der Waals surface area (Å²) < 4.78 is 6.28. The van der Waals surface area contributed by atoms with E-state index in [1.54, 1.807) is 17.8 Å². The Bertz CT molecular complexity index is 976. The lowest BCUT2D eigenvalue weighted by Crippen LogP contribution is -2.46. The Kier molecular flexibility index (Phi) is 3.15. The molecule has 1 saturated heterocycles. The van der Waals surface area contributed by atoms with Gasteiger partial charge >= 0.3 is 0 Å². The first-order valence-electron chi connectivity index (χ1n) is 8.43. The molecule has 1 aliphatic carbocycles. The maximum Gasteiger partial charge on any atom is 0.224 e. The van der Waals surface area contributed by atoms with E-state index in [9.17, 15) is 4.79 Å². The number of ether oxygens (including phenoxy) is 1. The van der Waals surface area contributed by atoms with Crippen LogP contribution in [0.5, 0.6) is 0 Å². The van der Waals surface area contributed by atoms with Gasteiger partial charge in [0.25, 0.3) is 0 Å². The number of nitrogens with two attached hydrogens (primary N) is 1. The lowest BCUT2D eigenvalue weighted by atomic mass is 10.1. The number of carbonyl (C=O) groups is 1. The summed E-state index contributed by atoms with van der Waals surface area (Å²) in [5.74, 6) is -0.590. The van der Waals surface area contributed by atoms with Gasteiger partial charge in [-0.05, 0) is 36.1 Å². The third-order valence-corrected chi connectivity index (χ3v) is 6.36. The lowest BCUT2D eigenvalue weighted by molar-refractivity contribution is -0.123. The topological polar surface area (TPSA) is 91.7 Å². The Morgan fingerprint density at radius 3 is 3.15 bits per heavy atom. The SMILES string of the molecule is CC12OC3C=C(Cc4cccc(C#N)c4)N=C4SC=C(C1C2C(N)=O)N43. The number of primary amides is 1. The molecule has 3 heterocycles. The minimum Gasteiger partial charge on any atom is -0.369 e. The molecule has 26 heavy (non-hydrogen) atoms. The first kappa shape index (κ1) is 15.7. The van der Waals surface area contributed by atoms with Crippen molar-refractivity contribution in [2.24, 2.45) is 22.6 Å². The third-order valence-electron chi connectivity index (χ3n) is 5.50. The molecule has 3 aliphatic heterocycles. The van der Waals surface area contributed by atoms with Gasteiger partial charge in [-0.1, -0.05) is 23.9 Å². The van der Waals surface area contributed by atoms with Gasteiger partial charge in [0.2, 0.25) is 5.91 Å². The van der Waals surface area contributed by atoms with Crippen LogP contribution in [0.25, 0.3) is 0 Å². The highest BCUT2D eigenvalue weighted by Crippen LogP contribution is 2.63. The van der Waals surface area contributed by atoms with Crippen LogP contribution in [0.4, 0.5) is 0 Å². The minimum atomic E-state index is -0.533. The van der Waals surface area contributed by atoms with E-state index in [1.807, 2.05) is 31.2 Å². The smallest absolute Gasteiger partial charge is 0.224 e. The quantitative estimate of drug-likeness (QED) is 0.887. The maximum atomic E-state index is 11.8. The summed E-state index contributed by atoms with van der Waals surface area (Å²) in [6, 6.07) is 9.70. The van der Waals surface area contributed by atoms with Crippen molar-refractivity contribution in [2.45, 2.75) is 25.2 Å². The number of carbonyl (C=O) groups excluding carboxylic acids is 1. The highest BCUT2D eigenvalue weighted by Gasteiger charge is 2.72. The molecule has 4 aliphatic rings. The van der Waals surface area contributed by atoms with E-state index in [-0.39, 0.29) is 24.0 Å². The molecule has 0 aromatic heterocycles. The summed E-state index contributed by atoms with van der Waals surface area (Å²) in [5, 5.41) is 12.0. The molecule has 0 bridgehead atoms. The highest BCUT2D eigenvalue weighted by atomic mass is 32.2. The van der Waals surface area contributed by atoms with Crippen LogP contribution in [0.1, 0.15) is 18.1 Å². The Balaban J connectivity index is 1.46. The largest absolute Gasteiger partial charge is 0.369 e. The average Bonchev–Trinajstić information content (AvgIpc) is 3.02. The van der Waals surface area contributed by atoms with Gasteiger partial charge in [0.05, 0.1) is 23.2 Å². The van der Waals surface area contributed by atoms with Crippen LogP contribution in [0.15, 0.2) is 52.1 Å². The molecule has 1 saturated carbocycles. The number of benzene rings is 1.